The van der Waals surface area contributed by atoms with Gasteiger partial charge in [-0.1, -0.05) is 42.8 Å². The highest BCUT2D eigenvalue weighted by atomic mass is 16.5. The first kappa shape index (κ1) is 21.4. The molecular formula is C30H26N2O3. The van der Waals surface area contributed by atoms with Crippen molar-refractivity contribution in [2.75, 3.05) is 7.11 Å². The number of nitrogens with zero attached hydrogens (tertiary/aromatic N) is 2. The van der Waals surface area contributed by atoms with Gasteiger partial charge in [0, 0.05) is 35.8 Å². The zero-order valence-corrected chi connectivity index (χ0v) is 19.6. The normalized spacial score (nSPS) is 13.7. The SMILES string of the molecule is COC(=O)c1cccc(Cn2ccc3ccc(-c4ccc5ccn(C(=O)C6CCC6)c5c4)cc32)c1. The van der Waals surface area contributed by atoms with Gasteiger partial charge in [-0.3, -0.25) is 9.36 Å². The lowest BCUT2D eigenvalue weighted by Crippen LogP contribution is -2.26. The number of carbonyl (C=O) groups excluding carboxylic acids is 2. The molecule has 0 bridgehead atoms. The molecule has 1 saturated carbocycles. The Morgan fingerprint density at radius 1 is 0.857 bits per heavy atom. The Morgan fingerprint density at radius 2 is 1.57 bits per heavy atom. The first-order chi connectivity index (χ1) is 17.1. The van der Waals surface area contributed by atoms with Crippen molar-refractivity contribution in [2.45, 2.75) is 25.8 Å². The van der Waals surface area contributed by atoms with Crippen molar-refractivity contribution in [1.29, 1.82) is 0 Å². The predicted molar refractivity (Wildman–Crippen MR) is 138 cm³/mol. The van der Waals surface area contributed by atoms with E-state index in [0.717, 1.165) is 57.8 Å². The van der Waals surface area contributed by atoms with E-state index in [4.69, 9.17) is 4.74 Å². The topological polar surface area (TPSA) is 53.2 Å². The maximum absolute atomic E-state index is 12.9. The van der Waals surface area contributed by atoms with Gasteiger partial charge in [0.1, 0.15) is 0 Å². The molecule has 1 aliphatic carbocycles. The van der Waals surface area contributed by atoms with Crippen LogP contribution in [0.1, 0.15) is 40.0 Å². The molecule has 0 aliphatic heterocycles. The van der Waals surface area contributed by atoms with E-state index in [2.05, 4.69) is 53.2 Å². The lowest BCUT2D eigenvalue weighted by molar-refractivity contribution is 0.0600. The Hall–Kier alpha value is -4.12. The fourth-order valence-electron chi connectivity index (χ4n) is 4.96. The molecule has 5 nitrogen and oxygen atoms in total. The molecule has 2 aromatic heterocycles. The molecule has 2 heterocycles. The van der Waals surface area contributed by atoms with Gasteiger partial charge in [0.25, 0.3) is 0 Å². The molecule has 0 spiro atoms. The molecule has 3 aromatic carbocycles. The van der Waals surface area contributed by atoms with Gasteiger partial charge >= 0.3 is 5.97 Å². The number of hydrogen-bond donors (Lipinski definition) is 0. The van der Waals surface area contributed by atoms with E-state index in [0.29, 0.717) is 12.1 Å². The maximum Gasteiger partial charge on any atom is 0.337 e. The highest BCUT2D eigenvalue weighted by Crippen LogP contribution is 2.32. The Kier molecular flexibility index (Phi) is 5.25. The number of benzene rings is 3. The number of hydrogen-bond acceptors (Lipinski definition) is 3. The van der Waals surface area contributed by atoms with Crippen LogP contribution in [-0.2, 0) is 11.3 Å². The van der Waals surface area contributed by atoms with E-state index in [9.17, 15) is 9.59 Å². The quantitative estimate of drug-likeness (QED) is 0.279. The third-order valence-corrected chi connectivity index (χ3v) is 7.19. The average molecular weight is 463 g/mol. The van der Waals surface area contributed by atoms with Crippen LogP contribution in [-0.4, -0.2) is 28.1 Å². The summed E-state index contributed by atoms with van der Waals surface area (Å²) in [6.45, 7) is 0.648. The average Bonchev–Trinajstić information content (AvgIpc) is 3.46. The van der Waals surface area contributed by atoms with Crippen molar-refractivity contribution >= 4 is 33.7 Å². The van der Waals surface area contributed by atoms with Gasteiger partial charge in [0.15, 0.2) is 0 Å². The number of methoxy groups -OCH3 is 1. The lowest BCUT2D eigenvalue weighted by atomic mass is 9.85. The molecular weight excluding hydrogens is 436 g/mol. The largest absolute Gasteiger partial charge is 0.465 e. The van der Waals surface area contributed by atoms with Crippen LogP contribution in [0, 0.1) is 5.92 Å². The van der Waals surface area contributed by atoms with Gasteiger partial charge in [-0.25, -0.2) is 4.79 Å². The highest BCUT2D eigenvalue weighted by Gasteiger charge is 2.27. The van der Waals surface area contributed by atoms with Crippen LogP contribution in [0.4, 0.5) is 0 Å². The summed E-state index contributed by atoms with van der Waals surface area (Å²) in [6, 6.07) is 24.5. The molecule has 0 N–H and O–H groups in total. The molecule has 5 heteroatoms. The first-order valence-corrected chi connectivity index (χ1v) is 12.0. The van der Waals surface area contributed by atoms with E-state index in [1.165, 1.54) is 7.11 Å². The number of carbonyl (C=O) groups is 2. The summed E-state index contributed by atoms with van der Waals surface area (Å²) in [6.07, 6.45) is 7.12. The smallest absolute Gasteiger partial charge is 0.337 e. The van der Waals surface area contributed by atoms with Gasteiger partial charge in [-0.05, 0) is 71.3 Å². The van der Waals surface area contributed by atoms with E-state index < -0.39 is 0 Å². The third kappa shape index (κ3) is 3.83. The van der Waals surface area contributed by atoms with Gasteiger partial charge < -0.3 is 9.30 Å². The summed E-state index contributed by atoms with van der Waals surface area (Å²) in [5.41, 5.74) is 5.86. The number of aromatic nitrogens is 2. The van der Waals surface area contributed by atoms with Crippen LogP contribution in [0.2, 0.25) is 0 Å². The molecule has 5 aromatic rings. The summed E-state index contributed by atoms with van der Waals surface area (Å²) < 4.78 is 8.89. The molecule has 0 atom stereocenters. The van der Waals surface area contributed by atoms with Crippen LogP contribution in [0.25, 0.3) is 32.9 Å². The van der Waals surface area contributed by atoms with Crippen LogP contribution in [0.5, 0.6) is 0 Å². The minimum atomic E-state index is -0.331. The number of fused-ring (bicyclic) bond motifs is 2. The summed E-state index contributed by atoms with van der Waals surface area (Å²) >= 11 is 0. The third-order valence-electron chi connectivity index (χ3n) is 7.19. The molecule has 1 aliphatic rings. The van der Waals surface area contributed by atoms with E-state index >= 15 is 0 Å². The van der Waals surface area contributed by atoms with Crippen molar-refractivity contribution in [2.24, 2.45) is 5.92 Å². The van der Waals surface area contributed by atoms with Crippen LogP contribution in [0.15, 0.2) is 85.2 Å². The Balaban J connectivity index is 1.35. The molecule has 0 saturated heterocycles. The van der Waals surface area contributed by atoms with Crippen molar-refractivity contribution in [3.05, 3.63) is 96.3 Å². The molecule has 0 radical (unpaired) electrons. The van der Waals surface area contributed by atoms with Gasteiger partial charge in [-0.15, -0.1) is 0 Å². The number of rotatable bonds is 5. The fourth-order valence-corrected chi connectivity index (χ4v) is 4.96. The minimum Gasteiger partial charge on any atom is -0.465 e. The van der Waals surface area contributed by atoms with Gasteiger partial charge in [0.05, 0.1) is 18.2 Å². The lowest BCUT2D eigenvalue weighted by Gasteiger charge is -2.24. The minimum absolute atomic E-state index is 0.159. The molecule has 35 heavy (non-hydrogen) atoms. The zero-order chi connectivity index (χ0) is 23.9. The van der Waals surface area contributed by atoms with Crippen LogP contribution >= 0.6 is 0 Å². The monoisotopic (exact) mass is 462 g/mol. The van der Waals surface area contributed by atoms with Crippen molar-refractivity contribution in [3.8, 4) is 11.1 Å². The summed E-state index contributed by atoms with van der Waals surface area (Å²) in [4.78, 5) is 24.9. The highest BCUT2D eigenvalue weighted by molar-refractivity contribution is 5.96. The van der Waals surface area contributed by atoms with E-state index in [1.54, 1.807) is 6.07 Å². The van der Waals surface area contributed by atoms with Crippen molar-refractivity contribution < 1.29 is 14.3 Å². The molecule has 0 amide bonds. The van der Waals surface area contributed by atoms with E-state index in [1.807, 2.05) is 35.0 Å². The summed E-state index contributed by atoms with van der Waals surface area (Å²) in [5, 5.41) is 2.24. The van der Waals surface area contributed by atoms with Crippen LogP contribution in [0.3, 0.4) is 0 Å². The molecule has 6 rings (SSSR count). The number of ether oxygens (including phenoxy) is 1. The zero-order valence-electron chi connectivity index (χ0n) is 19.6. The maximum atomic E-state index is 12.9. The fraction of sp³-hybridized carbons (Fsp3) is 0.200. The Bertz CT molecular complexity index is 1590. The van der Waals surface area contributed by atoms with Crippen LogP contribution < -0.4 is 0 Å². The van der Waals surface area contributed by atoms with Gasteiger partial charge in [-0.2, -0.15) is 0 Å². The van der Waals surface area contributed by atoms with Gasteiger partial charge in [0.2, 0.25) is 5.91 Å². The molecule has 174 valence electrons. The Labute approximate surface area is 203 Å². The second kappa shape index (κ2) is 8.58. The van der Waals surface area contributed by atoms with Crippen molar-refractivity contribution in [3.63, 3.8) is 0 Å². The molecule has 1 fully saturated rings. The molecule has 0 unspecified atom stereocenters. The second-order valence-electron chi connectivity index (χ2n) is 9.33. The Morgan fingerprint density at radius 3 is 2.29 bits per heavy atom. The predicted octanol–water partition coefficient (Wildman–Crippen LogP) is 6.54. The standard InChI is InChI=1S/C30H26N2O3/c1-35-30(34)26-7-2-4-20(16-26)19-31-14-12-21-8-10-24(17-27(21)31)25-11-9-22-13-15-32(28(22)18-25)29(33)23-5-3-6-23/h2,4,7-18,23H,3,5-6,19H2,1H3. The summed E-state index contributed by atoms with van der Waals surface area (Å²) in [7, 11) is 1.40. The summed E-state index contributed by atoms with van der Waals surface area (Å²) in [5.74, 6) is 0.0379. The van der Waals surface area contributed by atoms with Crippen molar-refractivity contribution in [1.82, 2.24) is 9.13 Å². The second-order valence-corrected chi connectivity index (χ2v) is 9.33. The first-order valence-electron chi connectivity index (χ1n) is 12.0. The number of esters is 1. The van der Waals surface area contributed by atoms with E-state index in [-0.39, 0.29) is 17.8 Å².